The molecule has 0 aromatic carbocycles. The molecule has 12 heteroatoms. The number of thioether (sulfide) groups is 1. The summed E-state index contributed by atoms with van der Waals surface area (Å²) in [6, 6.07) is 1.80. The Hall–Kier alpha value is -2.86. The van der Waals surface area contributed by atoms with E-state index in [9.17, 15) is 14.7 Å². The molecule has 10 nitrogen and oxygen atoms in total. The minimum Gasteiger partial charge on any atom is -0.465 e. The lowest BCUT2D eigenvalue weighted by atomic mass is 9.74. The average Bonchev–Trinajstić information content (AvgIpc) is 3.40. The quantitative estimate of drug-likeness (QED) is 0.397. The number of hydrogen-bond acceptors (Lipinski definition) is 8. The van der Waals surface area contributed by atoms with Crippen LogP contribution >= 0.6 is 23.1 Å². The fourth-order valence-corrected chi connectivity index (χ4v) is 5.56. The summed E-state index contributed by atoms with van der Waals surface area (Å²) in [5.74, 6) is -0.590. The molecule has 0 saturated heterocycles. The molecule has 0 bridgehead atoms. The normalized spacial score (nSPS) is 22.2. The first-order valence-electron chi connectivity index (χ1n) is 10.0. The number of nitrogens with zero attached hydrogens (tertiary/aromatic N) is 4. The van der Waals surface area contributed by atoms with E-state index < -0.39 is 23.0 Å². The van der Waals surface area contributed by atoms with Crippen molar-refractivity contribution in [3.8, 4) is 10.6 Å². The average molecular weight is 476 g/mol. The number of hydrogen-bond donors (Lipinski definition) is 4. The molecule has 2 atom stereocenters. The molecule has 5 N–H and O–H groups in total. The van der Waals surface area contributed by atoms with Crippen molar-refractivity contribution in [2.75, 3.05) is 11.6 Å². The minimum absolute atomic E-state index is 0.105. The van der Waals surface area contributed by atoms with Crippen molar-refractivity contribution in [2.45, 2.75) is 49.5 Å². The van der Waals surface area contributed by atoms with Crippen LogP contribution in [-0.2, 0) is 0 Å². The minimum atomic E-state index is -1.05. The number of aromatic nitrogens is 4. The molecule has 1 saturated carbocycles. The van der Waals surface area contributed by atoms with E-state index in [-0.39, 0.29) is 11.6 Å². The monoisotopic (exact) mass is 475 g/mol. The first-order valence-corrected chi connectivity index (χ1v) is 12.1. The summed E-state index contributed by atoms with van der Waals surface area (Å²) in [4.78, 5) is 23.6. The zero-order valence-corrected chi connectivity index (χ0v) is 19.8. The van der Waals surface area contributed by atoms with Gasteiger partial charge >= 0.3 is 6.09 Å². The van der Waals surface area contributed by atoms with E-state index in [2.05, 4.69) is 25.9 Å². The fourth-order valence-electron chi connectivity index (χ4n) is 4.31. The molecule has 0 aliphatic heterocycles. The van der Waals surface area contributed by atoms with Crippen molar-refractivity contribution in [3.05, 3.63) is 24.0 Å². The van der Waals surface area contributed by atoms with Gasteiger partial charge in [-0.15, -0.1) is 10.2 Å². The van der Waals surface area contributed by atoms with Gasteiger partial charge in [0, 0.05) is 28.8 Å². The highest BCUT2D eigenvalue weighted by molar-refractivity contribution is 8.00. The Kier molecular flexibility index (Phi) is 5.53. The summed E-state index contributed by atoms with van der Waals surface area (Å²) in [6.07, 6.45) is 5.56. The molecule has 32 heavy (non-hydrogen) atoms. The van der Waals surface area contributed by atoms with Gasteiger partial charge in [0.1, 0.15) is 5.01 Å². The van der Waals surface area contributed by atoms with E-state index in [1.165, 1.54) is 29.3 Å². The molecule has 3 aromatic rings. The third kappa shape index (κ3) is 3.66. The van der Waals surface area contributed by atoms with Gasteiger partial charge in [-0.3, -0.25) is 4.79 Å². The highest BCUT2D eigenvalue weighted by atomic mass is 32.2. The second-order valence-corrected chi connectivity index (χ2v) is 10.7. The molecule has 0 spiro atoms. The Morgan fingerprint density at radius 3 is 2.72 bits per heavy atom. The van der Waals surface area contributed by atoms with Gasteiger partial charge < -0.3 is 21.5 Å². The van der Waals surface area contributed by atoms with E-state index in [4.69, 9.17) is 5.73 Å². The van der Waals surface area contributed by atoms with Crippen molar-refractivity contribution in [2.24, 2.45) is 11.1 Å². The Balaban J connectivity index is 1.76. The standard InChI is InChI=1S/C20H25N7O3S2/c1-19(2)13(5-6-20(19,3)24-17(29)30)23-14-11(15(21)28)8-22-27-9-10(7-12(14)27)16-25-26-18(31-4)32-16/h7-9,13,23-24H,5-6H2,1-4H3,(H2,21,28)(H,29,30)/t13-,20+/m1/s1. The Labute approximate surface area is 193 Å². The lowest BCUT2D eigenvalue weighted by molar-refractivity contribution is 0.100. The molecule has 170 valence electrons. The molecular weight excluding hydrogens is 450 g/mol. The molecular formula is C20H25N7O3S2. The summed E-state index contributed by atoms with van der Waals surface area (Å²) in [5.41, 5.74) is 6.97. The number of anilines is 1. The third-order valence-electron chi connectivity index (χ3n) is 6.66. The van der Waals surface area contributed by atoms with Gasteiger partial charge in [0.2, 0.25) is 0 Å². The third-order valence-corrected chi connectivity index (χ3v) is 8.61. The second kappa shape index (κ2) is 7.93. The van der Waals surface area contributed by atoms with Gasteiger partial charge in [-0.1, -0.05) is 36.9 Å². The molecule has 4 rings (SSSR count). The summed E-state index contributed by atoms with van der Waals surface area (Å²) < 4.78 is 2.54. The number of carbonyl (C=O) groups is 2. The summed E-state index contributed by atoms with van der Waals surface area (Å²) in [7, 11) is 0. The van der Waals surface area contributed by atoms with Crippen molar-refractivity contribution < 1.29 is 14.7 Å². The second-order valence-electron chi connectivity index (χ2n) is 8.65. The molecule has 0 unspecified atom stereocenters. The first-order chi connectivity index (χ1) is 15.1. The predicted octanol–water partition coefficient (Wildman–Crippen LogP) is 3.30. The van der Waals surface area contributed by atoms with Crippen LogP contribution < -0.4 is 16.4 Å². The number of rotatable bonds is 6. The van der Waals surface area contributed by atoms with Crippen molar-refractivity contribution in [1.82, 2.24) is 25.1 Å². The van der Waals surface area contributed by atoms with Crippen LogP contribution in [0, 0.1) is 5.41 Å². The Morgan fingerprint density at radius 1 is 1.34 bits per heavy atom. The van der Waals surface area contributed by atoms with Crippen LogP contribution in [0.4, 0.5) is 10.5 Å². The van der Waals surface area contributed by atoms with Gasteiger partial charge in [0.15, 0.2) is 4.34 Å². The van der Waals surface area contributed by atoms with Gasteiger partial charge in [-0.2, -0.15) is 5.10 Å². The van der Waals surface area contributed by atoms with Gasteiger partial charge in [-0.25, -0.2) is 9.31 Å². The van der Waals surface area contributed by atoms with Crippen molar-refractivity contribution in [1.29, 1.82) is 0 Å². The maximum absolute atomic E-state index is 12.2. The number of primary amides is 1. The van der Waals surface area contributed by atoms with E-state index in [0.717, 1.165) is 21.3 Å². The van der Waals surface area contributed by atoms with Crippen molar-refractivity contribution in [3.63, 3.8) is 0 Å². The number of nitrogens with one attached hydrogen (secondary N) is 2. The summed E-state index contributed by atoms with van der Waals surface area (Å²) in [5, 5.41) is 29.0. The molecule has 1 fully saturated rings. The van der Waals surface area contributed by atoms with Crippen molar-refractivity contribution >= 4 is 46.3 Å². The molecule has 1 aliphatic rings. The molecule has 0 radical (unpaired) electrons. The topological polar surface area (TPSA) is 148 Å². The highest BCUT2D eigenvalue weighted by Crippen LogP contribution is 2.47. The number of carbonyl (C=O) groups excluding carboxylic acids is 1. The van der Waals surface area contributed by atoms with E-state index in [1.54, 1.807) is 4.52 Å². The molecule has 3 heterocycles. The largest absolute Gasteiger partial charge is 0.465 e. The van der Waals surface area contributed by atoms with Gasteiger partial charge in [0.25, 0.3) is 5.91 Å². The van der Waals surface area contributed by atoms with Crippen LogP contribution in [0.25, 0.3) is 16.1 Å². The summed E-state index contributed by atoms with van der Waals surface area (Å²) >= 11 is 3.01. The summed E-state index contributed by atoms with van der Waals surface area (Å²) in [6.45, 7) is 5.95. The zero-order valence-electron chi connectivity index (χ0n) is 18.2. The maximum Gasteiger partial charge on any atom is 0.405 e. The van der Waals surface area contributed by atoms with Crippen LogP contribution in [0.1, 0.15) is 44.0 Å². The predicted molar refractivity (Wildman–Crippen MR) is 124 cm³/mol. The number of fused-ring (bicyclic) bond motifs is 1. The number of nitrogens with two attached hydrogens (primary N) is 1. The van der Waals surface area contributed by atoms with Crippen LogP contribution in [0.2, 0.25) is 0 Å². The molecule has 1 aliphatic carbocycles. The van der Waals surface area contributed by atoms with Gasteiger partial charge in [-0.05, 0) is 32.1 Å². The van der Waals surface area contributed by atoms with Crippen LogP contribution in [-0.4, -0.2) is 54.8 Å². The fraction of sp³-hybridized carbons (Fsp3) is 0.450. The Morgan fingerprint density at radius 2 is 2.09 bits per heavy atom. The molecule has 3 aromatic heterocycles. The maximum atomic E-state index is 12.2. The van der Waals surface area contributed by atoms with Crippen LogP contribution in [0.15, 0.2) is 22.8 Å². The number of carboxylic acid groups (broad SMARTS) is 1. The first kappa shape index (κ1) is 22.3. The van der Waals surface area contributed by atoms with E-state index in [1.807, 2.05) is 39.3 Å². The Bertz CT molecular complexity index is 1210. The van der Waals surface area contributed by atoms with E-state index in [0.29, 0.717) is 17.6 Å². The smallest absolute Gasteiger partial charge is 0.405 e. The lowest BCUT2D eigenvalue weighted by Gasteiger charge is -2.42. The zero-order chi connectivity index (χ0) is 23.3. The van der Waals surface area contributed by atoms with Crippen LogP contribution in [0.3, 0.4) is 0 Å². The van der Waals surface area contributed by atoms with Gasteiger partial charge in [0.05, 0.1) is 23.0 Å². The number of amides is 2. The highest BCUT2D eigenvalue weighted by Gasteiger charge is 2.52. The lowest BCUT2D eigenvalue weighted by Crippen LogP contribution is -2.56. The van der Waals surface area contributed by atoms with Crippen LogP contribution in [0.5, 0.6) is 0 Å². The molecule has 2 amide bonds. The SMILES string of the molecule is CSc1nnc(-c2cc3c(N[C@@H]4CC[C@](C)(NC(=O)O)C4(C)C)c(C(N)=O)cnn3c2)s1. The van der Waals surface area contributed by atoms with E-state index >= 15 is 0 Å².